The molecule has 0 radical (unpaired) electrons. The third-order valence-electron chi connectivity index (χ3n) is 2.22. The van der Waals surface area contributed by atoms with Gasteiger partial charge in [0.15, 0.2) is 9.84 Å². The smallest absolute Gasteiger partial charge is 0.151 e. The van der Waals surface area contributed by atoms with E-state index in [-0.39, 0.29) is 18.3 Å². The molecule has 1 atom stereocenters. The van der Waals surface area contributed by atoms with Gasteiger partial charge in [-0.05, 0) is 11.1 Å². The lowest BCUT2D eigenvalue weighted by molar-refractivity contribution is 0.273. The van der Waals surface area contributed by atoms with E-state index >= 15 is 0 Å². The summed E-state index contributed by atoms with van der Waals surface area (Å²) in [6, 6.07) is 7.34. The fourth-order valence-corrected chi connectivity index (χ4v) is 2.18. The Bertz CT molecular complexity index is 423. The average molecular weight is 228 g/mol. The Hall–Kier alpha value is -0.870. The molecule has 1 N–H and O–H groups in total. The van der Waals surface area contributed by atoms with Crippen molar-refractivity contribution in [2.75, 3.05) is 12.9 Å². The highest BCUT2D eigenvalue weighted by Gasteiger charge is 2.07. The van der Waals surface area contributed by atoms with E-state index in [1.807, 2.05) is 25.1 Å². The summed E-state index contributed by atoms with van der Waals surface area (Å²) >= 11 is 0. The second-order valence-electron chi connectivity index (χ2n) is 3.90. The Morgan fingerprint density at radius 2 is 2.07 bits per heavy atom. The molecular formula is C11H16O3S. The summed E-state index contributed by atoms with van der Waals surface area (Å²) in [7, 11) is -2.99. The highest BCUT2D eigenvalue weighted by molar-refractivity contribution is 7.89. The normalized spacial score (nSPS) is 13.8. The van der Waals surface area contributed by atoms with Gasteiger partial charge in [-0.2, -0.15) is 0 Å². The molecule has 0 heterocycles. The van der Waals surface area contributed by atoms with Crippen molar-refractivity contribution in [3.63, 3.8) is 0 Å². The number of aliphatic hydroxyl groups is 1. The molecule has 0 spiro atoms. The molecule has 1 rings (SSSR count). The van der Waals surface area contributed by atoms with Gasteiger partial charge in [0.05, 0.1) is 5.75 Å². The first-order chi connectivity index (χ1) is 6.92. The van der Waals surface area contributed by atoms with E-state index in [0.717, 1.165) is 11.1 Å². The number of hydrogen-bond donors (Lipinski definition) is 1. The molecule has 0 aliphatic heterocycles. The molecule has 0 aliphatic rings. The van der Waals surface area contributed by atoms with Gasteiger partial charge in [0.25, 0.3) is 0 Å². The molecule has 15 heavy (non-hydrogen) atoms. The van der Waals surface area contributed by atoms with Crippen LogP contribution in [0.4, 0.5) is 0 Å². The molecule has 0 fully saturated rings. The molecule has 1 aromatic carbocycles. The summed E-state index contributed by atoms with van der Waals surface area (Å²) < 4.78 is 22.2. The first kappa shape index (κ1) is 12.2. The molecule has 0 aromatic heterocycles. The van der Waals surface area contributed by atoms with Gasteiger partial charge in [0, 0.05) is 18.8 Å². The van der Waals surface area contributed by atoms with Gasteiger partial charge >= 0.3 is 0 Å². The maximum absolute atomic E-state index is 11.1. The standard InChI is InChI=1S/C11H16O3S/c1-9(7-12)11-5-3-4-10(6-11)8-15(2,13)14/h3-6,9,12H,7-8H2,1-2H3. The highest BCUT2D eigenvalue weighted by atomic mass is 32.2. The summed E-state index contributed by atoms with van der Waals surface area (Å²) in [6.45, 7) is 1.97. The zero-order chi connectivity index (χ0) is 11.5. The van der Waals surface area contributed by atoms with E-state index in [1.165, 1.54) is 6.26 Å². The molecule has 1 aromatic rings. The van der Waals surface area contributed by atoms with Gasteiger partial charge in [0.1, 0.15) is 0 Å². The largest absolute Gasteiger partial charge is 0.396 e. The van der Waals surface area contributed by atoms with E-state index in [0.29, 0.717) is 0 Å². The van der Waals surface area contributed by atoms with Gasteiger partial charge < -0.3 is 5.11 Å². The summed E-state index contributed by atoms with van der Waals surface area (Å²) in [4.78, 5) is 0. The minimum absolute atomic E-state index is 0.0458. The number of rotatable bonds is 4. The molecule has 1 unspecified atom stereocenters. The monoisotopic (exact) mass is 228 g/mol. The number of benzene rings is 1. The first-order valence-electron chi connectivity index (χ1n) is 4.80. The molecule has 0 amide bonds. The molecule has 0 bridgehead atoms. The van der Waals surface area contributed by atoms with Crippen LogP contribution in [0.15, 0.2) is 24.3 Å². The molecular weight excluding hydrogens is 212 g/mol. The minimum Gasteiger partial charge on any atom is -0.396 e. The van der Waals surface area contributed by atoms with E-state index < -0.39 is 9.84 Å². The zero-order valence-electron chi connectivity index (χ0n) is 8.97. The van der Waals surface area contributed by atoms with Crippen LogP contribution in [0.2, 0.25) is 0 Å². The Morgan fingerprint density at radius 1 is 1.40 bits per heavy atom. The lowest BCUT2D eigenvalue weighted by Crippen LogP contribution is -2.03. The van der Waals surface area contributed by atoms with E-state index in [2.05, 4.69) is 0 Å². The van der Waals surface area contributed by atoms with Crippen LogP contribution in [0.3, 0.4) is 0 Å². The molecule has 3 nitrogen and oxygen atoms in total. The van der Waals surface area contributed by atoms with Crippen molar-refractivity contribution in [2.24, 2.45) is 0 Å². The van der Waals surface area contributed by atoms with Crippen LogP contribution in [0.5, 0.6) is 0 Å². The average Bonchev–Trinajstić information content (AvgIpc) is 2.14. The van der Waals surface area contributed by atoms with E-state index in [9.17, 15) is 8.42 Å². The fraction of sp³-hybridized carbons (Fsp3) is 0.455. The van der Waals surface area contributed by atoms with Gasteiger partial charge in [0.2, 0.25) is 0 Å². The van der Waals surface area contributed by atoms with Crippen molar-refractivity contribution >= 4 is 9.84 Å². The summed E-state index contributed by atoms with van der Waals surface area (Å²) in [6.07, 6.45) is 1.22. The number of sulfone groups is 1. The molecule has 0 aliphatic carbocycles. The van der Waals surface area contributed by atoms with Gasteiger partial charge in [-0.15, -0.1) is 0 Å². The van der Waals surface area contributed by atoms with Crippen LogP contribution < -0.4 is 0 Å². The zero-order valence-corrected chi connectivity index (χ0v) is 9.79. The maximum Gasteiger partial charge on any atom is 0.151 e. The molecule has 4 heteroatoms. The summed E-state index contributed by atoms with van der Waals surface area (Å²) in [5, 5.41) is 8.99. The van der Waals surface area contributed by atoms with Crippen molar-refractivity contribution in [2.45, 2.75) is 18.6 Å². The van der Waals surface area contributed by atoms with Crippen molar-refractivity contribution in [3.05, 3.63) is 35.4 Å². The summed E-state index contributed by atoms with van der Waals surface area (Å²) in [5.74, 6) is 0.100. The maximum atomic E-state index is 11.1. The van der Waals surface area contributed by atoms with E-state index in [1.54, 1.807) is 6.07 Å². The van der Waals surface area contributed by atoms with Crippen LogP contribution in [0.1, 0.15) is 24.0 Å². The van der Waals surface area contributed by atoms with Crippen molar-refractivity contribution in [1.82, 2.24) is 0 Å². The van der Waals surface area contributed by atoms with Crippen LogP contribution >= 0.6 is 0 Å². The van der Waals surface area contributed by atoms with Crippen molar-refractivity contribution in [3.8, 4) is 0 Å². The van der Waals surface area contributed by atoms with Gasteiger partial charge in [-0.3, -0.25) is 0 Å². The second kappa shape index (κ2) is 4.77. The van der Waals surface area contributed by atoms with Crippen LogP contribution in [-0.2, 0) is 15.6 Å². The topological polar surface area (TPSA) is 54.4 Å². The van der Waals surface area contributed by atoms with Crippen LogP contribution in [0.25, 0.3) is 0 Å². The number of aliphatic hydroxyl groups excluding tert-OH is 1. The number of hydrogen-bond acceptors (Lipinski definition) is 3. The minimum atomic E-state index is -2.99. The first-order valence-corrected chi connectivity index (χ1v) is 6.86. The Kier molecular flexibility index (Phi) is 3.88. The van der Waals surface area contributed by atoms with Crippen molar-refractivity contribution in [1.29, 1.82) is 0 Å². The lowest BCUT2D eigenvalue weighted by atomic mass is 10.0. The molecule has 0 saturated heterocycles. The third-order valence-corrected chi connectivity index (χ3v) is 3.08. The third kappa shape index (κ3) is 4.01. The predicted octanol–water partition coefficient (Wildman–Crippen LogP) is 1.33. The Balaban J connectivity index is 2.93. The van der Waals surface area contributed by atoms with Crippen molar-refractivity contribution < 1.29 is 13.5 Å². The quantitative estimate of drug-likeness (QED) is 0.845. The summed E-state index contributed by atoms with van der Waals surface area (Å²) in [5.41, 5.74) is 1.74. The predicted molar refractivity (Wildman–Crippen MR) is 60.5 cm³/mol. The second-order valence-corrected chi connectivity index (χ2v) is 6.04. The van der Waals surface area contributed by atoms with E-state index in [4.69, 9.17) is 5.11 Å². The highest BCUT2D eigenvalue weighted by Crippen LogP contribution is 2.16. The molecule has 0 saturated carbocycles. The Labute approximate surface area is 90.7 Å². The van der Waals surface area contributed by atoms with Gasteiger partial charge in [-0.25, -0.2) is 8.42 Å². The van der Waals surface area contributed by atoms with Crippen LogP contribution in [-0.4, -0.2) is 26.4 Å². The SMILES string of the molecule is CC(CO)c1cccc(CS(C)(=O)=O)c1. The molecule has 84 valence electrons. The lowest BCUT2D eigenvalue weighted by Gasteiger charge is -2.09. The Morgan fingerprint density at radius 3 is 2.60 bits per heavy atom. The van der Waals surface area contributed by atoms with Gasteiger partial charge in [-0.1, -0.05) is 31.2 Å². The fourth-order valence-electron chi connectivity index (χ4n) is 1.40. The van der Waals surface area contributed by atoms with Crippen LogP contribution in [0, 0.1) is 0 Å².